The van der Waals surface area contributed by atoms with Crippen LogP contribution in [0.25, 0.3) is 0 Å². The molecule has 0 radical (unpaired) electrons. The number of rotatable bonds is 8. The number of aromatic nitrogens is 3. The van der Waals surface area contributed by atoms with E-state index in [1.807, 2.05) is 50.2 Å². The highest BCUT2D eigenvalue weighted by Gasteiger charge is 2.20. The van der Waals surface area contributed by atoms with Crippen LogP contribution in [0.5, 0.6) is 0 Å². The molecule has 152 valence electrons. The van der Waals surface area contributed by atoms with Gasteiger partial charge < -0.3 is 9.88 Å². The number of aryl methyl sites for hydroxylation is 1. The van der Waals surface area contributed by atoms with Crippen LogP contribution in [-0.4, -0.2) is 25.9 Å². The third-order valence-electron chi connectivity index (χ3n) is 5.10. The van der Waals surface area contributed by atoms with Crippen LogP contribution in [0.4, 0.5) is 5.69 Å². The lowest BCUT2D eigenvalue weighted by Crippen LogP contribution is -2.24. The zero-order chi connectivity index (χ0) is 20.8. The smallest absolute Gasteiger partial charge is 0.237 e. The SMILES string of the molecule is CC[C@H](C)c1ccccc1NC(=O)[C@H](C)Sc1nnc(C)n1Cc1ccccc1. The summed E-state index contributed by atoms with van der Waals surface area (Å²) >= 11 is 1.43. The zero-order valence-electron chi connectivity index (χ0n) is 17.4. The van der Waals surface area contributed by atoms with Gasteiger partial charge in [0.2, 0.25) is 5.91 Å². The first-order valence-corrected chi connectivity index (χ1v) is 10.9. The molecule has 1 aromatic heterocycles. The Kier molecular flexibility index (Phi) is 7.09. The van der Waals surface area contributed by atoms with E-state index in [1.165, 1.54) is 22.9 Å². The van der Waals surface area contributed by atoms with Crippen molar-refractivity contribution >= 4 is 23.4 Å². The minimum Gasteiger partial charge on any atom is -0.325 e. The Bertz CT molecular complexity index is 955. The molecule has 0 fully saturated rings. The molecule has 5 nitrogen and oxygen atoms in total. The molecule has 1 N–H and O–H groups in total. The first kappa shape index (κ1) is 21.1. The molecular formula is C23H28N4OS. The van der Waals surface area contributed by atoms with Crippen molar-refractivity contribution in [3.8, 4) is 0 Å². The number of hydrogen-bond acceptors (Lipinski definition) is 4. The first-order valence-electron chi connectivity index (χ1n) is 9.99. The molecule has 0 saturated carbocycles. The van der Waals surface area contributed by atoms with Crippen molar-refractivity contribution in [2.24, 2.45) is 0 Å². The molecule has 1 amide bonds. The van der Waals surface area contributed by atoms with Crippen molar-refractivity contribution in [2.45, 2.75) is 57.0 Å². The van der Waals surface area contributed by atoms with Crippen LogP contribution in [0.15, 0.2) is 59.8 Å². The fraction of sp³-hybridized carbons (Fsp3) is 0.348. The van der Waals surface area contributed by atoms with Gasteiger partial charge in [-0.3, -0.25) is 4.79 Å². The Labute approximate surface area is 176 Å². The molecule has 3 aromatic rings. The Balaban J connectivity index is 1.71. The largest absolute Gasteiger partial charge is 0.325 e. The molecule has 0 bridgehead atoms. The highest BCUT2D eigenvalue weighted by atomic mass is 32.2. The maximum Gasteiger partial charge on any atom is 0.237 e. The summed E-state index contributed by atoms with van der Waals surface area (Å²) in [6.45, 7) is 8.87. The monoisotopic (exact) mass is 408 g/mol. The zero-order valence-corrected chi connectivity index (χ0v) is 18.2. The molecule has 0 aliphatic carbocycles. The summed E-state index contributed by atoms with van der Waals surface area (Å²) in [6, 6.07) is 18.2. The third kappa shape index (κ3) is 5.26. The molecule has 0 aliphatic rings. The van der Waals surface area contributed by atoms with Crippen LogP contribution >= 0.6 is 11.8 Å². The van der Waals surface area contributed by atoms with Gasteiger partial charge in [-0.2, -0.15) is 0 Å². The van der Waals surface area contributed by atoms with Gasteiger partial charge in [0.25, 0.3) is 0 Å². The van der Waals surface area contributed by atoms with Crippen molar-refractivity contribution in [2.75, 3.05) is 5.32 Å². The molecule has 2 aromatic carbocycles. The maximum absolute atomic E-state index is 12.9. The van der Waals surface area contributed by atoms with E-state index < -0.39 is 0 Å². The highest BCUT2D eigenvalue weighted by Crippen LogP contribution is 2.28. The number of hydrogen-bond donors (Lipinski definition) is 1. The van der Waals surface area contributed by atoms with Crippen molar-refractivity contribution < 1.29 is 4.79 Å². The quantitative estimate of drug-likeness (QED) is 0.516. The molecule has 3 rings (SSSR count). The lowest BCUT2D eigenvalue weighted by Gasteiger charge is -2.18. The summed E-state index contributed by atoms with van der Waals surface area (Å²) in [5.74, 6) is 1.20. The summed E-state index contributed by atoms with van der Waals surface area (Å²) in [5.41, 5.74) is 3.24. The number of amides is 1. The van der Waals surface area contributed by atoms with Gasteiger partial charge >= 0.3 is 0 Å². The Morgan fingerprint density at radius 3 is 2.48 bits per heavy atom. The van der Waals surface area contributed by atoms with Crippen molar-refractivity contribution in [1.82, 2.24) is 14.8 Å². The number of para-hydroxylation sites is 1. The molecule has 2 atom stereocenters. The van der Waals surface area contributed by atoms with Gasteiger partial charge in [-0.15, -0.1) is 10.2 Å². The summed E-state index contributed by atoms with van der Waals surface area (Å²) in [5, 5.41) is 12.1. The van der Waals surface area contributed by atoms with Gasteiger partial charge in [0.15, 0.2) is 5.16 Å². The summed E-state index contributed by atoms with van der Waals surface area (Å²) in [6.07, 6.45) is 1.03. The number of nitrogens with zero attached hydrogens (tertiary/aromatic N) is 3. The minimum atomic E-state index is -0.293. The lowest BCUT2D eigenvalue weighted by atomic mass is 9.97. The third-order valence-corrected chi connectivity index (χ3v) is 6.18. The number of carbonyl (C=O) groups excluding carboxylic acids is 1. The lowest BCUT2D eigenvalue weighted by molar-refractivity contribution is -0.115. The van der Waals surface area contributed by atoms with Crippen molar-refractivity contribution in [3.63, 3.8) is 0 Å². The van der Waals surface area contributed by atoms with Gasteiger partial charge in [0.1, 0.15) is 5.82 Å². The summed E-state index contributed by atoms with van der Waals surface area (Å²) < 4.78 is 2.05. The minimum absolute atomic E-state index is 0.0299. The second-order valence-electron chi connectivity index (χ2n) is 7.25. The fourth-order valence-electron chi connectivity index (χ4n) is 3.10. The van der Waals surface area contributed by atoms with Gasteiger partial charge in [-0.1, -0.05) is 74.1 Å². The topological polar surface area (TPSA) is 59.8 Å². The van der Waals surface area contributed by atoms with Crippen LogP contribution in [0.1, 0.15) is 50.1 Å². The Morgan fingerprint density at radius 1 is 1.07 bits per heavy atom. The fourth-order valence-corrected chi connectivity index (χ4v) is 4.00. The van der Waals surface area contributed by atoms with Gasteiger partial charge in [0.05, 0.1) is 11.8 Å². The maximum atomic E-state index is 12.9. The number of nitrogens with one attached hydrogen (secondary N) is 1. The Hall–Kier alpha value is -2.60. The van der Waals surface area contributed by atoms with E-state index >= 15 is 0 Å². The second kappa shape index (κ2) is 9.74. The second-order valence-corrected chi connectivity index (χ2v) is 8.56. The average molecular weight is 409 g/mol. The van der Waals surface area contributed by atoms with Gasteiger partial charge in [0, 0.05) is 5.69 Å². The van der Waals surface area contributed by atoms with Crippen LogP contribution in [-0.2, 0) is 11.3 Å². The standard InChI is InChI=1S/C23H28N4OS/c1-5-16(2)20-13-9-10-14-21(20)24-22(28)17(3)29-23-26-25-18(4)27(23)15-19-11-7-6-8-12-19/h6-14,16-17H,5,15H2,1-4H3,(H,24,28)/t16-,17-/m0/s1. The first-order chi connectivity index (χ1) is 14.0. The Morgan fingerprint density at radius 2 is 1.76 bits per heavy atom. The molecule has 0 saturated heterocycles. The predicted molar refractivity (Wildman–Crippen MR) is 119 cm³/mol. The molecule has 29 heavy (non-hydrogen) atoms. The number of thioether (sulfide) groups is 1. The molecule has 0 unspecified atom stereocenters. The predicted octanol–water partition coefficient (Wildman–Crippen LogP) is 5.27. The molecule has 0 spiro atoms. The average Bonchev–Trinajstić information content (AvgIpc) is 3.07. The summed E-state index contributed by atoms with van der Waals surface area (Å²) in [4.78, 5) is 12.9. The van der Waals surface area contributed by atoms with E-state index in [0.29, 0.717) is 12.5 Å². The number of carbonyl (C=O) groups is 1. The highest BCUT2D eigenvalue weighted by molar-refractivity contribution is 8.00. The van der Waals surface area contributed by atoms with E-state index in [2.05, 4.69) is 52.1 Å². The van der Waals surface area contributed by atoms with E-state index in [0.717, 1.165) is 23.1 Å². The van der Waals surface area contributed by atoms with Gasteiger partial charge in [-0.25, -0.2) is 0 Å². The van der Waals surface area contributed by atoms with Crippen LogP contribution < -0.4 is 5.32 Å². The van der Waals surface area contributed by atoms with Crippen molar-refractivity contribution in [1.29, 1.82) is 0 Å². The molecule has 6 heteroatoms. The number of benzene rings is 2. The molecule has 0 aliphatic heterocycles. The van der Waals surface area contributed by atoms with Crippen LogP contribution in [0.3, 0.4) is 0 Å². The van der Waals surface area contributed by atoms with E-state index in [9.17, 15) is 4.79 Å². The van der Waals surface area contributed by atoms with E-state index in [1.54, 1.807) is 0 Å². The van der Waals surface area contributed by atoms with Crippen LogP contribution in [0.2, 0.25) is 0 Å². The van der Waals surface area contributed by atoms with Crippen LogP contribution in [0, 0.1) is 6.92 Å². The van der Waals surface area contributed by atoms with E-state index in [-0.39, 0.29) is 11.2 Å². The molecular weight excluding hydrogens is 380 g/mol. The normalized spacial score (nSPS) is 13.1. The van der Waals surface area contributed by atoms with Gasteiger partial charge in [-0.05, 0) is 43.4 Å². The van der Waals surface area contributed by atoms with E-state index in [4.69, 9.17) is 0 Å². The number of anilines is 1. The molecule has 1 heterocycles. The van der Waals surface area contributed by atoms with Crippen molar-refractivity contribution in [3.05, 3.63) is 71.5 Å². The summed E-state index contributed by atoms with van der Waals surface area (Å²) in [7, 11) is 0.